The van der Waals surface area contributed by atoms with E-state index in [1.165, 1.54) is 81.5 Å². The van der Waals surface area contributed by atoms with Gasteiger partial charge in [0.2, 0.25) is 5.12 Å². The molecule has 34 heavy (non-hydrogen) atoms. The number of ketones is 1. The van der Waals surface area contributed by atoms with Crippen molar-refractivity contribution < 1.29 is 14.3 Å². The fraction of sp³-hybridized carbons (Fsp3) is 0.667. The van der Waals surface area contributed by atoms with E-state index in [1.54, 1.807) is 6.08 Å². The first-order valence-corrected chi connectivity index (χ1v) is 14.5. The molecule has 190 valence electrons. The molecule has 0 radical (unpaired) electrons. The van der Waals surface area contributed by atoms with Crippen LogP contribution >= 0.6 is 11.8 Å². The molecule has 1 aromatic rings. The highest BCUT2D eigenvalue weighted by atomic mass is 32.2. The summed E-state index contributed by atoms with van der Waals surface area (Å²) in [5, 5.41) is 0.0814. The highest BCUT2D eigenvalue weighted by Gasteiger charge is 2.43. The molecule has 0 unspecified atom stereocenters. The van der Waals surface area contributed by atoms with E-state index in [1.807, 2.05) is 31.2 Å². The third-order valence-corrected chi connectivity index (χ3v) is 8.09. The Balaban J connectivity index is 1.94. The van der Waals surface area contributed by atoms with Gasteiger partial charge in [-0.2, -0.15) is 0 Å². The van der Waals surface area contributed by atoms with Gasteiger partial charge in [0.05, 0.1) is 4.75 Å². The van der Waals surface area contributed by atoms with Crippen molar-refractivity contribution in [3.05, 3.63) is 47.2 Å². The van der Waals surface area contributed by atoms with Gasteiger partial charge >= 0.3 is 0 Å². The number of benzene rings is 1. The maximum absolute atomic E-state index is 12.6. The lowest BCUT2D eigenvalue weighted by atomic mass is 9.91. The molecule has 1 aliphatic heterocycles. The summed E-state index contributed by atoms with van der Waals surface area (Å²) in [6.45, 7) is 6.57. The van der Waals surface area contributed by atoms with Crippen LogP contribution < -0.4 is 0 Å². The summed E-state index contributed by atoms with van der Waals surface area (Å²) >= 11 is 1.45. The van der Waals surface area contributed by atoms with Crippen LogP contribution in [0.5, 0.6) is 0 Å². The van der Waals surface area contributed by atoms with Gasteiger partial charge < -0.3 is 4.74 Å². The normalized spacial score (nSPS) is 14.9. The summed E-state index contributed by atoms with van der Waals surface area (Å²) in [7, 11) is 0. The van der Waals surface area contributed by atoms with Gasteiger partial charge in [0.15, 0.2) is 5.78 Å². The lowest BCUT2D eigenvalue weighted by Crippen LogP contribution is -2.28. The van der Waals surface area contributed by atoms with Crippen molar-refractivity contribution in [2.75, 3.05) is 6.61 Å². The van der Waals surface area contributed by atoms with Crippen molar-refractivity contribution in [2.45, 2.75) is 122 Å². The molecule has 0 saturated carbocycles. The summed E-state index contributed by atoms with van der Waals surface area (Å²) in [5.41, 5.74) is 2.20. The number of unbranched alkanes of at least 4 members (excludes halogenated alkanes) is 10. The molecule has 1 heterocycles. The number of thioether (sulfide) groups is 1. The fourth-order valence-corrected chi connectivity index (χ4v) is 5.94. The van der Waals surface area contributed by atoms with Crippen LogP contribution in [0.4, 0.5) is 0 Å². The van der Waals surface area contributed by atoms with Gasteiger partial charge in [0.1, 0.15) is 12.4 Å². The smallest absolute Gasteiger partial charge is 0.216 e. The second-order valence-corrected chi connectivity index (χ2v) is 11.3. The van der Waals surface area contributed by atoms with Crippen LogP contribution in [-0.2, 0) is 20.7 Å². The van der Waals surface area contributed by atoms with Crippen molar-refractivity contribution in [1.29, 1.82) is 0 Å². The Morgan fingerprint density at radius 3 is 1.91 bits per heavy atom. The summed E-state index contributed by atoms with van der Waals surface area (Å²) < 4.78 is 5.83. The maximum Gasteiger partial charge on any atom is 0.216 e. The van der Waals surface area contributed by atoms with E-state index >= 15 is 0 Å². The molecule has 0 saturated heterocycles. The van der Waals surface area contributed by atoms with Crippen LogP contribution in [0.25, 0.3) is 0 Å². The Morgan fingerprint density at radius 2 is 1.35 bits per heavy atom. The van der Waals surface area contributed by atoms with Crippen LogP contribution in [0, 0.1) is 6.92 Å². The number of rotatable bonds is 19. The monoisotopic (exact) mass is 486 g/mol. The van der Waals surface area contributed by atoms with E-state index in [9.17, 15) is 9.59 Å². The van der Waals surface area contributed by atoms with E-state index in [0.717, 1.165) is 37.0 Å². The molecule has 4 heteroatoms. The van der Waals surface area contributed by atoms with Gasteiger partial charge in [-0.05, 0) is 25.3 Å². The maximum atomic E-state index is 12.6. The number of aryl methyl sites for hydroxylation is 1. The van der Waals surface area contributed by atoms with Crippen LogP contribution in [0.2, 0.25) is 0 Å². The summed E-state index contributed by atoms with van der Waals surface area (Å²) in [6.07, 6.45) is 18.8. The van der Waals surface area contributed by atoms with Crippen molar-refractivity contribution in [1.82, 2.24) is 0 Å². The van der Waals surface area contributed by atoms with Gasteiger partial charge in [-0.1, -0.05) is 132 Å². The average molecular weight is 487 g/mol. The van der Waals surface area contributed by atoms with Crippen LogP contribution in [0.3, 0.4) is 0 Å². The van der Waals surface area contributed by atoms with E-state index in [-0.39, 0.29) is 22.3 Å². The Kier molecular flexibility index (Phi) is 13.7. The number of carbonyl (C=O) groups is 2. The Hall–Kier alpha value is -1.55. The van der Waals surface area contributed by atoms with Gasteiger partial charge in [-0.3, -0.25) is 9.59 Å². The average Bonchev–Trinajstić information content (AvgIpc) is 3.13. The van der Waals surface area contributed by atoms with Crippen molar-refractivity contribution in [3.8, 4) is 0 Å². The highest BCUT2D eigenvalue weighted by Crippen LogP contribution is 2.48. The number of hydrogen-bond acceptors (Lipinski definition) is 4. The van der Waals surface area contributed by atoms with Crippen molar-refractivity contribution in [3.63, 3.8) is 0 Å². The fourth-order valence-electron chi connectivity index (χ4n) is 4.68. The largest absolute Gasteiger partial charge is 0.489 e. The molecule has 2 rings (SSSR count). The molecule has 0 aromatic heterocycles. The van der Waals surface area contributed by atoms with Gasteiger partial charge in [0.25, 0.3) is 0 Å². The third-order valence-electron chi connectivity index (χ3n) is 6.77. The summed E-state index contributed by atoms with van der Waals surface area (Å²) in [5.74, 6) is 0.809. The van der Waals surface area contributed by atoms with Crippen molar-refractivity contribution >= 4 is 22.7 Å². The standard InChI is InChI=1S/C30H46O3S/c1-4-6-8-10-12-14-20-30(21-15-13-11-9-7-5-2)28(23-29(32)34-30)33-24-27(31)22-26-18-16-25(3)17-19-26/h16-19,23H,4-15,20-22,24H2,1-3H3. The zero-order chi connectivity index (χ0) is 24.7. The Labute approximate surface area is 212 Å². The second kappa shape index (κ2) is 16.2. The van der Waals surface area contributed by atoms with Crippen LogP contribution in [0.15, 0.2) is 36.1 Å². The highest BCUT2D eigenvalue weighted by molar-refractivity contribution is 8.15. The minimum atomic E-state index is -0.281. The molecule has 0 fully saturated rings. The molecule has 1 aliphatic rings. The predicted octanol–water partition coefficient (Wildman–Crippen LogP) is 8.52. The molecular formula is C30H46O3S. The van der Waals surface area contributed by atoms with E-state index in [4.69, 9.17) is 4.74 Å². The topological polar surface area (TPSA) is 43.4 Å². The molecule has 0 atom stereocenters. The molecule has 1 aromatic carbocycles. The lowest BCUT2D eigenvalue weighted by molar-refractivity contribution is -0.122. The quantitative estimate of drug-likeness (QED) is 0.184. The number of Topliss-reactive ketones (excluding diaryl/α,β-unsaturated/α-hetero) is 1. The zero-order valence-corrected chi connectivity index (χ0v) is 22.6. The number of hydrogen-bond donors (Lipinski definition) is 0. The molecule has 0 spiro atoms. The predicted molar refractivity (Wildman–Crippen MR) is 145 cm³/mol. The Morgan fingerprint density at radius 1 is 0.824 bits per heavy atom. The number of ether oxygens (including phenoxy) is 1. The third kappa shape index (κ3) is 10.4. The van der Waals surface area contributed by atoms with Crippen LogP contribution in [-0.4, -0.2) is 22.3 Å². The molecular weight excluding hydrogens is 440 g/mol. The van der Waals surface area contributed by atoms with E-state index in [0.29, 0.717) is 6.42 Å². The minimum absolute atomic E-state index is 0.0439. The zero-order valence-electron chi connectivity index (χ0n) is 21.8. The number of carbonyl (C=O) groups excluding carboxylic acids is 2. The van der Waals surface area contributed by atoms with Gasteiger partial charge in [-0.25, -0.2) is 0 Å². The van der Waals surface area contributed by atoms with Gasteiger partial charge in [0, 0.05) is 12.5 Å². The van der Waals surface area contributed by atoms with Crippen molar-refractivity contribution in [2.24, 2.45) is 0 Å². The Bertz CT molecular complexity index is 750. The minimum Gasteiger partial charge on any atom is -0.489 e. The summed E-state index contributed by atoms with van der Waals surface area (Å²) in [4.78, 5) is 25.1. The summed E-state index contributed by atoms with van der Waals surface area (Å²) in [6, 6.07) is 8.07. The van der Waals surface area contributed by atoms with Gasteiger partial charge in [-0.15, -0.1) is 0 Å². The van der Waals surface area contributed by atoms with Crippen LogP contribution in [0.1, 0.15) is 115 Å². The first kappa shape index (κ1) is 28.7. The molecule has 0 N–H and O–H groups in total. The molecule has 0 aliphatic carbocycles. The molecule has 0 amide bonds. The van der Waals surface area contributed by atoms with E-state index < -0.39 is 0 Å². The first-order valence-electron chi connectivity index (χ1n) is 13.6. The second-order valence-electron chi connectivity index (χ2n) is 9.95. The molecule has 3 nitrogen and oxygen atoms in total. The SMILES string of the molecule is CCCCCCCCC1(CCCCCCCC)SC(=O)C=C1OCC(=O)Cc1ccc(C)cc1. The molecule has 0 bridgehead atoms. The first-order chi connectivity index (χ1) is 16.5. The van der Waals surface area contributed by atoms with E-state index in [2.05, 4.69) is 13.8 Å². The lowest BCUT2D eigenvalue weighted by Gasteiger charge is -2.31.